The Bertz CT molecular complexity index is 847. The molecule has 0 bridgehead atoms. The van der Waals surface area contributed by atoms with Crippen molar-refractivity contribution < 1.29 is 64.4 Å². The Kier molecular flexibility index (Phi) is 13.5. The molecule has 0 aliphatic heterocycles. The van der Waals surface area contributed by atoms with E-state index in [0.29, 0.717) is 5.39 Å². The van der Waals surface area contributed by atoms with Gasteiger partial charge in [-0.15, -0.1) is 0 Å². The van der Waals surface area contributed by atoms with E-state index in [1.807, 2.05) is 12.1 Å². The zero-order chi connectivity index (χ0) is 20.4. The molecule has 0 spiro atoms. The number of hydrogen-bond donors (Lipinski definition) is 0. The van der Waals surface area contributed by atoms with Crippen LogP contribution >= 0.6 is 0 Å². The van der Waals surface area contributed by atoms with Gasteiger partial charge in [0.25, 0.3) is 0 Å². The molecule has 156 valence electrons. The SMILES string of the molecule is CCCCCCCc1ccc2cccc(S(=O)(=O)[O-])c2c1CCCCCCC.[K+]. The molecule has 0 aromatic heterocycles. The molecule has 3 nitrogen and oxygen atoms in total. The maximum Gasteiger partial charge on any atom is 1.00 e. The van der Waals surface area contributed by atoms with Crippen LogP contribution in [0.2, 0.25) is 0 Å². The molecule has 2 aromatic carbocycles. The Morgan fingerprint density at radius 2 is 1.34 bits per heavy atom. The van der Waals surface area contributed by atoms with Gasteiger partial charge in [-0.3, -0.25) is 0 Å². The molecule has 0 atom stereocenters. The number of fused-ring (bicyclic) bond motifs is 1. The molecule has 0 N–H and O–H groups in total. The van der Waals surface area contributed by atoms with Gasteiger partial charge >= 0.3 is 51.4 Å². The van der Waals surface area contributed by atoms with Gasteiger partial charge in [-0.2, -0.15) is 0 Å². The van der Waals surface area contributed by atoms with Gasteiger partial charge in [0.05, 0.1) is 4.90 Å². The average Bonchev–Trinajstić information content (AvgIpc) is 2.67. The second kappa shape index (κ2) is 14.3. The third-order valence-electron chi connectivity index (χ3n) is 5.56. The minimum absolute atomic E-state index is 0. The summed E-state index contributed by atoms with van der Waals surface area (Å²) in [4.78, 5) is -0.0543. The van der Waals surface area contributed by atoms with Crippen LogP contribution in [0.15, 0.2) is 35.2 Å². The van der Waals surface area contributed by atoms with Crippen molar-refractivity contribution in [2.75, 3.05) is 0 Å². The van der Waals surface area contributed by atoms with E-state index >= 15 is 0 Å². The van der Waals surface area contributed by atoms with Crippen molar-refractivity contribution in [3.63, 3.8) is 0 Å². The normalized spacial score (nSPS) is 11.6. The molecule has 29 heavy (non-hydrogen) atoms. The zero-order valence-corrected chi connectivity index (χ0v) is 22.4. The van der Waals surface area contributed by atoms with Crippen molar-refractivity contribution in [3.8, 4) is 0 Å². The number of unbranched alkanes of at least 4 members (excludes halogenated alkanes) is 8. The minimum Gasteiger partial charge on any atom is -0.744 e. The van der Waals surface area contributed by atoms with E-state index in [9.17, 15) is 13.0 Å². The fraction of sp³-hybridized carbons (Fsp3) is 0.583. The van der Waals surface area contributed by atoms with E-state index in [2.05, 4.69) is 19.9 Å². The molecule has 0 aliphatic rings. The van der Waals surface area contributed by atoms with Crippen LogP contribution in [0.25, 0.3) is 10.8 Å². The van der Waals surface area contributed by atoms with Crippen molar-refractivity contribution in [1.29, 1.82) is 0 Å². The second-order valence-electron chi connectivity index (χ2n) is 7.84. The molecular weight excluding hydrogens is 407 g/mol. The van der Waals surface area contributed by atoms with Crippen molar-refractivity contribution in [3.05, 3.63) is 41.5 Å². The summed E-state index contributed by atoms with van der Waals surface area (Å²) in [6, 6.07) is 9.17. The molecule has 5 heteroatoms. The van der Waals surface area contributed by atoms with Crippen LogP contribution in [0.4, 0.5) is 0 Å². The first-order valence-electron chi connectivity index (χ1n) is 11.0. The molecule has 0 fully saturated rings. The topological polar surface area (TPSA) is 57.2 Å². The van der Waals surface area contributed by atoms with Gasteiger partial charge in [-0.1, -0.05) is 89.5 Å². The van der Waals surface area contributed by atoms with E-state index in [-0.39, 0.29) is 56.3 Å². The minimum atomic E-state index is -4.49. The van der Waals surface area contributed by atoms with Gasteiger partial charge in [-0.05, 0) is 48.3 Å². The fourth-order valence-corrected chi connectivity index (χ4v) is 4.75. The summed E-state index contributed by atoms with van der Waals surface area (Å²) in [5, 5.41) is 1.52. The number of hydrogen-bond acceptors (Lipinski definition) is 3. The van der Waals surface area contributed by atoms with E-state index in [1.165, 1.54) is 56.6 Å². The quantitative estimate of drug-likeness (QED) is 0.269. The summed E-state index contributed by atoms with van der Waals surface area (Å²) < 4.78 is 35.7. The largest absolute Gasteiger partial charge is 1.00 e. The molecule has 0 amide bonds. The van der Waals surface area contributed by atoms with Crippen LogP contribution in [0, 0.1) is 0 Å². The molecule has 0 aliphatic carbocycles. The van der Waals surface area contributed by atoms with E-state index in [1.54, 1.807) is 6.07 Å². The van der Waals surface area contributed by atoms with E-state index in [4.69, 9.17) is 0 Å². The maximum atomic E-state index is 11.9. The van der Waals surface area contributed by atoms with Gasteiger partial charge in [0.1, 0.15) is 10.1 Å². The van der Waals surface area contributed by atoms with Crippen LogP contribution in [-0.4, -0.2) is 13.0 Å². The Morgan fingerprint density at radius 1 is 0.759 bits per heavy atom. The Labute approximate surface area is 220 Å². The zero-order valence-electron chi connectivity index (χ0n) is 18.5. The molecule has 0 saturated heterocycles. The predicted octanol–water partition coefficient (Wildman–Crippen LogP) is 3.77. The maximum absolute atomic E-state index is 11.9. The van der Waals surface area contributed by atoms with Crippen molar-refractivity contribution in [2.24, 2.45) is 0 Å². The van der Waals surface area contributed by atoms with Gasteiger partial charge in [-0.25, -0.2) is 8.42 Å². The third-order valence-corrected chi connectivity index (χ3v) is 6.44. The van der Waals surface area contributed by atoms with E-state index < -0.39 is 10.1 Å². The van der Waals surface area contributed by atoms with Crippen molar-refractivity contribution >= 4 is 20.9 Å². The monoisotopic (exact) mass is 442 g/mol. The average molecular weight is 443 g/mol. The molecule has 0 unspecified atom stereocenters. The van der Waals surface area contributed by atoms with Crippen LogP contribution in [0.3, 0.4) is 0 Å². The van der Waals surface area contributed by atoms with Crippen LogP contribution in [-0.2, 0) is 23.0 Å². The Balaban J connectivity index is 0.00000420. The number of aryl methyl sites for hydroxylation is 2. The summed E-state index contributed by atoms with van der Waals surface area (Å²) in [7, 11) is -4.49. The summed E-state index contributed by atoms with van der Waals surface area (Å²) in [5.74, 6) is 0. The molecule has 0 heterocycles. The Hall–Kier alpha value is 0.246. The second-order valence-corrected chi connectivity index (χ2v) is 9.19. The first-order chi connectivity index (χ1) is 13.5. The van der Waals surface area contributed by atoms with Crippen molar-refractivity contribution in [2.45, 2.75) is 95.8 Å². The smallest absolute Gasteiger partial charge is 0.744 e. The summed E-state index contributed by atoms with van der Waals surface area (Å²) >= 11 is 0. The summed E-state index contributed by atoms with van der Waals surface area (Å²) in [5.41, 5.74) is 2.30. The Morgan fingerprint density at radius 3 is 1.93 bits per heavy atom. The molecular formula is C24H35KO3S. The summed E-state index contributed by atoms with van der Waals surface area (Å²) in [6.07, 6.45) is 13.7. The number of benzene rings is 2. The number of rotatable bonds is 13. The first kappa shape index (κ1) is 27.3. The standard InChI is InChI=1S/C24H36O3S.K/c1-3-5-7-9-11-14-20-18-19-21-15-13-17-23(28(25,26)27)24(21)22(20)16-12-10-8-6-4-2;/h13,15,17-19H,3-12,14,16H2,1-2H3,(H,25,26,27);/q;+1/p-1. The van der Waals surface area contributed by atoms with Gasteiger partial charge in [0.2, 0.25) is 0 Å². The van der Waals surface area contributed by atoms with Crippen LogP contribution in [0.5, 0.6) is 0 Å². The predicted molar refractivity (Wildman–Crippen MR) is 117 cm³/mol. The van der Waals surface area contributed by atoms with Crippen LogP contribution < -0.4 is 51.4 Å². The first-order valence-corrected chi connectivity index (χ1v) is 12.4. The molecule has 2 rings (SSSR count). The fourth-order valence-electron chi connectivity index (χ4n) is 4.01. The van der Waals surface area contributed by atoms with Crippen LogP contribution in [0.1, 0.15) is 89.2 Å². The third kappa shape index (κ3) is 8.72. The molecule has 0 saturated carbocycles. The molecule has 0 radical (unpaired) electrons. The van der Waals surface area contributed by atoms with Gasteiger partial charge < -0.3 is 4.55 Å². The van der Waals surface area contributed by atoms with Gasteiger partial charge in [0.15, 0.2) is 0 Å². The summed E-state index contributed by atoms with van der Waals surface area (Å²) in [6.45, 7) is 4.41. The molecule has 2 aromatic rings. The van der Waals surface area contributed by atoms with Crippen molar-refractivity contribution in [1.82, 2.24) is 0 Å². The van der Waals surface area contributed by atoms with Gasteiger partial charge in [0, 0.05) is 5.39 Å². The van der Waals surface area contributed by atoms with E-state index in [0.717, 1.165) is 43.1 Å².